The van der Waals surface area contributed by atoms with E-state index in [1.54, 1.807) is 12.1 Å². The lowest BCUT2D eigenvalue weighted by atomic mass is 10.1. The van der Waals surface area contributed by atoms with Crippen LogP contribution in [0.2, 0.25) is 0 Å². The Labute approximate surface area is 88.8 Å². The number of phenolic OH excluding ortho intramolecular Hbond substituents is 1. The molecule has 0 aliphatic heterocycles. The molecule has 0 unspecified atom stereocenters. The predicted molar refractivity (Wildman–Crippen MR) is 60.7 cm³/mol. The zero-order chi connectivity index (χ0) is 9.80. The van der Waals surface area contributed by atoms with Gasteiger partial charge in [-0.2, -0.15) is 0 Å². The molecule has 0 amide bonds. The van der Waals surface area contributed by atoms with E-state index < -0.39 is 0 Å². The molecule has 2 heteroatoms. The SMILES string of the molecule is Oc1ccc(SCC2CC=CC2)cc1. The van der Waals surface area contributed by atoms with Gasteiger partial charge >= 0.3 is 0 Å². The monoisotopic (exact) mass is 206 g/mol. The summed E-state index contributed by atoms with van der Waals surface area (Å²) in [4.78, 5) is 1.25. The fraction of sp³-hybridized carbons (Fsp3) is 0.333. The minimum absolute atomic E-state index is 0.344. The highest BCUT2D eigenvalue weighted by Crippen LogP contribution is 2.27. The molecule has 0 radical (unpaired) electrons. The summed E-state index contributed by atoms with van der Waals surface area (Å²) in [6, 6.07) is 7.44. The lowest BCUT2D eigenvalue weighted by molar-refractivity contribution is 0.475. The van der Waals surface area contributed by atoms with Crippen LogP contribution in [0.15, 0.2) is 41.3 Å². The van der Waals surface area contributed by atoms with Crippen molar-refractivity contribution in [1.82, 2.24) is 0 Å². The molecular formula is C12H14OS. The second-order valence-electron chi connectivity index (χ2n) is 3.61. The van der Waals surface area contributed by atoms with Gasteiger partial charge in [-0.3, -0.25) is 0 Å². The van der Waals surface area contributed by atoms with Crippen molar-refractivity contribution in [1.29, 1.82) is 0 Å². The highest BCUT2D eigenvalue weighted by molar-refractivity contribution is 7.99. The van der Waals surface area contributed by atoms with Crippen LogP contribution in [0, 0.1) is 5.92 Å². The van der Waals surface area contributed by atoms with Gasteiger partial charge in [0.2, 0.25) is 0 Å². The van der Waals surface area contributed by atoms with Crippen LogP contribution in [-0.4, -0.2) is 10.9 Å². The van der Waals surface area contributed by atoms with Crippen molar-refractivity contribution in [3.05, 3.63) is 36.4 Å². The molecule has 0 saturated carbocycles. The van der Waals surface area contributed by atoms with Gasteiger partial charge in [0, 0.05) is 10.6 Å². The van der Waals surface area contributed by atoms with E-state index in [0.29, 0.717) is 5.75 Å². The largest absolute Gasteiger partial charge is 0.508 e. The Bertz CT molecular complexity index is 308. The zero-order valence-electron chi connectivity index (χ0n) is 8.02. The first-order valence-corrected chi connectivity index (χ1v) is 5.90. The third-order valence-corrected chi connectivity index (χ3v) is 3.67. The van der Waals surface area contributed by atoms with Crippen LogP contribution in [0.5, 0.6) is 5.75 Å². The van der Waals surface area contributed by atoms with Gasteiger partial charge in [-0.25, -0.2) is 0 Å². The minimum atomic E-state index is 0.344. The maximum atomic E-state index is 9.12. The molecule has 1 aromatic rings. The van der Waals surface area contributed by atoms with Gasteiger partial charge in [0.1, 0.15) is 5.75 Å². The van der Waals surface area contributed by atoms with Crippen molar-refractivity contribution in [3.8, 4) is 5.75 Å². The van der Waals surface area contributed by atoms with Crippen LogP contribution >= 0.6 is 11.8 Å². The van der Waals surface area contributed by atoms with Crippen molar-refractivity contribution >= 4 is 11.8 Å². The smallest absolute Gasteiger partial charge is 0.115 e. The van der Waals surface area contributed by atoms with Crippen LogP contribution < -0.4 is 0 Å². The quantitative estimate of drug-likeness (QED) is 0.604. The van der Waals surface area contributed by atoms with Crippen molar-refractivity contribution in [3.63, 3.8) is 0 Å². The number of thioether (sulfide) groups is 1. The second kappa shape index (κ2) is 4.56. The van der Waals surface area contributed by atoms with E-state index in [9.17, 15) is 0 Å². The minimum Gasteiger partial charge on any atom is -0.508 e. The van der Waals surface area contributed by atoms with Gasteiger partial charge in [-0.1, -0.05) is 12.2 Å². The first kappa shape index (κ1) is 9.66. The summed E-state index contributed by atoms with van der Waals surface area (Å²) in [5.41, 5.74) is 0. The average Bonchev–Trinajstić information content (AvgIpc) is 2.70. The third-order valence-electron chi connectivity index (χ3n) is 2.43. The Hall–Kier alpha value is -0.890. The van der Waals surface area contributed by atoms with Crippen molar-refractivity contribution in [2.75, 3.05) is 5.75 Å². The number of phenols is 1. The lowest BCUT2D eigenvalue weighted by Crippen LogP contribution is -1.96. The van der Waals surface area contributed by atoms with Gasteiger partial charge < -0.3 is 5.11 Å². The molecule has 1 nitrogen and oxygen atoms in total. The number of aromatic hydroxyl groups is 1. The van der Waals surface area contributed by atoms with E-state index in [4.69, 9.17) is 5.11 Å². The van der Waals surface area contributed by atoms with E-state index in [-0.39, 0.29) is 0 Å². The van der Waals surface area contributed by atoms with Crippen molar-refractivity contribution in [2.24, 2.45) is 5.92 Å². The van der Waals surface area contributed by atoms with E-state index in [0.717, 1.165) is 5.92 Å². The average molecular weight is 206 g/mol. The van der Waals surface area contributed by atoms with Crippen molar-refractivity contribution < 1.29 is 5.11 Å². The Kier molecular flexibility index (Phi) is 3.14. The molecular weight excluding hydrogens is 192 g/mol. The van der Waals surface area contributed by atoms with Crippen LogP contribution in [0.4, 0.5) is 0 Å². The molecule has 1 aliphatic carbocycles. The first-order valence-electron chi connectivity index (χ1n) is 4.91. The Morgan fingerprint density at radius 2 is 1.79 bits per heavy atom. The molecule has 0 saturated heterocycles. The highest BCUT2D eigenvalue weighted by Gasteiger charge is 2.10. The highest BCUT2D eigenvalue weighted by atomic mass is 32.2. The predicted octanol–water partition coefficient (Wildman–Crippen LogP) is 3.45. The number of rotatable bonds is 3. The van der Waals surface area contributed by atoms with Crippen LogP contribution in [0.3, 0.4) is 0 Å². The van der Waals surface area contributed by atoms with Gasteiger partial charge in [0.25, 0.3) is 0 Å². The number of hydrogen-bond acceptors (Lipinski definition) is 2. The van der Waals surface area contributed by atoms with Gasteiger partial charge in [0.15, 0.2) is 0 Å². The second-order valence-corrected chi connectivity index (χ2v) is 4.71. The molecule has 0 fully saturated rings. The maximum Gasteiger partial charge on any atom is 0.115 e. The number of hydrogen-bond donors (Lipinski definition) is 1. The van der Waals surface area contributed by atoms with Gasteiger partial charge in [0.05, 0.1) is 0 Å². The summed E-state index contributed by atoms with van der Waals surface area (Å²) in [5.74, 6) is 2.34. The standard InChI is InChI=1S/C12H14OS/c13-11-5-7-12(8-6-11)14-9-10-3-1-2-4-10/h1-2,5-8,10,13H,3-4,9H2. The molecule has 0 heterocycles. The Morgan fingerprint density at radius 1 is 1.14 bits per heavy atom. The molecule has 1 N–H and O–H groups in total. The molecule has 0 atom stereocenters. The van der Waals surface area contributed by atoms with E-state index in [1.165, 1.54) is 23.5 Å². The topological polar surface area (TPSA) is 20.2 Å². The molecule has 2 rings (SSSR count). The van der Waals surface area contributed by atoms with Gasteiger partial charge in [-0.05, 0) is 43.0 Å². The lowest BCUT2D eigenvalue weighted by Gasteiger charge is -2.07. The van der Waals surface area contributed by atoms with Crippen molar-refractivity contribution in [2.45, 2.75) is 17.7 Å². The van der Waals surface area contributed by atoms with Crippen LogP contribution in [0.1, 0.15) is 12.8 Å². The van der Waals surface area contributed by atoms with Crippen LogP contribution in [0.25, 0.3) is 0 Å². The van der Waals surface area contributed by atoms with Gasteiger partial charge in [-0.15, -0.1) is 11.8 Å². The summed E-state index contributed by atoms with van der Waals surface area (Å²) in [6.07, 6.45) is 6.99. The summed E-state index contributed by atoms with van der Waals surface area (Å²) in [7, 11) is 0. The molecule has 1 aliphatic rings. The van der Waals surface area contributed by atoms with E-state index in [1.807, 2.05) is 23.9 Å². The number of benzene rings is 1. The summed E-state index contributed by atoms with van der Waals surface area (Å²) in [5, 5.41) is 9.12. The first-order chi connectivity index (χ1) is 6.84. The molecule has 1 aromatic carbocycles. The fourth-order valence-corrected chi connectivity index (χ4v) is 2.59. The number of allylic oxidation sites excluding steroid dienone is 2. The Balaban J connectivity index is 1.82. The van der Waals surface area contributed by atoms with Crippen LogP contribution in [-0.2, 0) is 0 Å². The molecule has 0 spiro atoms. The van der Waals surface area contributed by atoms with E-state index >= 15 is 0 Å². The molecule has 14 heavy (non-hydrogen) atoms. The summed E-state index contributed by atoms with van der Waals surface area (Å²) in [6.45, 7) is 0. The zero-order valence-corrected chi connectivity index (χ0v) is 8.83. The molecule has 0 aromatic heterocycles. The maximum absolute atomic E-state index is 9.12. The summed E-state index contributed by atoms with van der Waals surface area (Å²) < 4.78 is 0. The third kappa shape index (κ3) is 2.55. The molecule has 0 bridgehead atoms. The summed E-state index contributed by atoms with van der Waals surface area (Å²) >= 11 is 1.88. The fourth-order valence-electron chi connectivity index (χ4n) is 1.57. The Morgan fingerprint density at radius 3 is 2.43 bits per heavy atom. The normalized spacial score (nSPS) is 16.3. The molecule has 74 valence electrons. The van der Waals surface area contributed by atoms with E-state index in [2.05, 4.69) is 12.2 Å².